The molecule has 2 N–H and O–H groups in total. The predicted octanol–water partition coefficient (Wildman–Crippen LogP) is 5.37. The molecule has 172 valence electrons. The quantitative estimate of drug-likeness (QED) is 0.447. The van der Waals surface area contributed by atoms with E-state index in [2.05, 4.69) is 0 Å². The van der Waals surface area contributed by atoms with E-state index in [4.69, 9.17) is 30.6 Å². The lowest BCUT2D eigenvalue weighted by molar-refractivity contribution is -0.244. The molecule has 0 saturated carbocycles. The molecular formula is C25H23ClO7. The summed E-state index contributed by atoms with van der Waals surface area (Å²) in [4.78, 5) is 23.8. The highest BCUT2D eigenvalue weighted by molar-refractivity contribution is 6.31. The Balaban J connectivity index is 1.61. The average Bonchev–Trinajstić information content (AvgIpc) is 2.80. The summed E-state index contributed by atoms with van der Waals surface area (Å²) >= 11 is 6.05. The summed E-state index contributed by atoms with van der Waals surface area (Å²) < 4.78 is 17.7. The first-order valence-electron chi connectivity index (χ1n) is 10.6. The average molecular weight is 471 g/mol. The van der Waals surface area contributed by atoms with E-state index in [0.29, 0.717) is 34.4 Å². The molecule has 1 aliphatic heterocycles. The maximum absolute atomic E-state index is 13.1. The highest BCUT2D eigenvalue weighted by Gasteiger charge is 2.36. The Bertz CT molecular complexity index is 1230. The zero-order chi connectivity index (χ0) is 23.4. The fraction of sp³-hybridized carbons (Fsp3) is 0.280. The summed E-state index contributed by atoms with van der Waals surface area (Å²) in [7, 11) is 0. The Morgan fingerprint density at radius 2 is 1.97 bits per heavy atom. The molecule has 1 saturated heterocycles. The first kappa shape index (κ1) is 23.0. The first-order valence-corrected chi connectivity index (χ1v) is 10.9. The molecule has 1 aliphatic rings. The lowest BCUT2D eigenvalue weighted by atomic mass is 9.91. The van der Waals surface area contributed by atoms with Gasteiger partial charge >= 0.3 is 5.97 Å². The molecule has 0 bridgehead atoms. The maximum Gasteiger partial charge on any atom is 0.303 e. The summed E-state index contributed by atoms with van der Waals surface area (Å²) in [5.74, 6) is -0.924. The molecular weight excluding hydrogens is 448 g/mol. The smallest absolute Gasteiger partial charge is 0.303 e. The van der Waals surface area contributed by atoms with Crippen LogP contribution in [0.1, 0.15) is 42.8 Å². The third-order valence-corrected chi connectivity index (χ3v) is 5.78. The monoisotopic (exact) mass is 470 g/mol. The topological polar surface area (TPSA) is 106 Å². The number of carboxylic acid groups (broad SMARTS) is 1. The molecule has 2 aromatic carbocycles. The van der Waals surface area contributed by atoms with Crippen LogP contribution in [0.15, 0.2) is 70.1 Å². The number of fused-ring (bicyclic) bond motifs is 1. The molecule has 8 heteroatoms. The van der Waals surface area contributed by atoms with E-state index in [0.717, 1.165) is 0 Å². The van der Waals surface area contributed by atoms with E-state index < -0.39 is 18.4 Å². The van der Waals surface area contributed by atoms with E-state index in [1.807, 2.05) is 12.2 Å². The maximum atomic E-state index is 13.1. The summed E-state index contributed by atoms with van der Waals surface area (Å²) in [5, 5.41) is 20.0. The minimum atomic E-state index is -0.985. The molecule has 33 heavy (non-hydrogen) atoms. The number of allylic oxidation sites excluding steroid dienone is 2. The van der Waals surface area contributed by atoms with Gasteiger partial charge in [-0.15, -0.1) is 0 Å². The van der Waals surface area contributed by atoms with Crippen LogP contribution in [-0.2, 0) is 14.3 Å². The zero-order valence-electron chi connectivity index (χ0n) is 17.6. The Morgan fingerprint density at radius 1 is 1.15 bits per heavy atom. The van der Waals surface area contributed by atoms with E-state index in [-0.39, 0.29) is 35.7 Å². The van der Waals surface area contributed by atoms with Crippen molar-refractivity contribution in [2.75, 3.05) is 6.61 Å². The SMILES string of the molecule is O=C(O)CC/C=C\C[C@@H]1CO[C@H](c2coc3ccc(Cl)cc3c2=O)O[C@@H]1c1ccccc1O. The molecule has 0 spiro atoms. The van der Waals surface area contributed by atoms with Crippen molar-refractivity contribution in [1.29, 1.82) is 0 Å². The van der Waals surface area contributed by atoms with Gasteiger partial charge in [-0.1, -0.05) is 42.0 Å². The third kappa shape index (κ3) is 5.27. The molecule has 3 atom stereocenters. The Morgan fingerprint density at radius 3 is 2.76 bits per heavy atom. The number of carboxylic acids is 1. The number of carbonyl (C=O) groups is 1. The fourth-order valence-electron chi connectivity index (χ4n) is 3.87. The number of phenolic OH excluding ortho intramolecular Hbond substituents is 1. The van der Waals surface area contributed by atoms with Crippen molar-refractivity contribution in [2.24, 2.45) is 5.92 Å². The van der Waals surface area contributed by atoms with Crippen LogP contribution in [-0.4, -0.2) is 22.8 Å². The molecule has 2 heterocycles. The molecule has 4 rings (SSSR count). The van der Waals surface area contributed by atoms with Gasteiger partial charge in [0.15, 0.2) is 6.29 Å². The number of aliphatic carboxylic acids is 1. The Kier molecular flexibility index (Phi) is 7.13. The van der Waals surface area contributed by atoms with Gasteiger partial charge < -0.3 is 24.1 Å². The van der Waals surface area contributed by atoms with Gasteiger partial charge in [0, 0.05) is 22.9 Å². The van der Waals surface area contributed by atoms with Crippen molar-refractivity contribution in [1.82, 2.24) is 0 Å². The van der Waals surface area contributed by atoms with Gasteiger partial charge in [-0.25, -0.2) is 0 Å². The zero-order valence-corrected chi connectivity index (χ0v) is 18.4. The standard InChI is InChI=1S/C25H23ClO7/c26-16-10-11-21-18(12-16)23(30)19(14-31-21)25-32-13-15(6-2-1-3-9-22(28)29)24(33-25)17-7-4-5-8-20(17)27/h1-2,4-5,7-8,10-12,14-15,24-25,27H,3,6,9,13H2,(H,28,29)/b2-1-/t15-,24+,25+/m1/s1. The Hall–Kier alpha value is -3.13. The van der Waals surface area contributed by atoms with Gasteiger partial charge in [0.2, 0.25) is 5.43 Å². The van der Waals surface area contributed by atoms with E-state index in [1.54, 1.807) is 42.5 Å². The van der Waals surface area contributed by atoms with Crippen LogP contribution in [0.3, 0.4) is 0 Å². The number of benzene rings is 2. The molecule has 1 aromatic heterocycles. The minimum absolute atomic E-state index is 0.0564. The number of hydrogen-bond acceptors (Lipinski definition) is 6. The molecule has 0 amide bonds. The van der Waals surface area contributed by atoms with Crippen LogP contribution in [0.5, 0.6) is 5.75 Å². The summed E-state index contributed by atoms with van der Waals surface area (Å²) in [6.45, 7) is 0.264. The molecule has 0 unspecified atom stereocenters. The molecule has 0 aliphatic carbocycles. The van der Waals surface area contributed by atoms with Crippen molar-refractivity contribution in [2.45, 2.75) is 31.7 Å². The van der Waals surface area contributed by atoms with E-state index in [1.165, 1.54) is 6.26 Å². The second-order valence-corrected chi connectivity index (χ2v) is 8.28. The van der Waals surface area contributed by atoms with Crippen molar-refractivity contribution < 1.29 is 28.9 Å². The second-order valence-electron chi connectivity index (χ2n) is 7.84. The number of halogens is 1. The van der Waals surface area contributed by atoms with E-state index >= 15 is 0 Å². The second kappa shape index (κ2) is 10.2. The lowest BCUT2D eigenvalue weighted by Crippen LogP contribution is -2.32. The lowest BCUT2D eigenvalue weighted by Gasteiger charge is -2.36. The minimum Gasteiger partial charge on any atom is -0.508 e. The predicted molar refractivity (Wildman–Crippen MR) is 122 cm³/mol. The van der Waals surface area contributed by atoms with Crippen molar-refractivity contribution in [3.8, 4) is 5.75 Å². The molecule has 3 aromatic rings. The van der Waals surface area contributed by atoms with Crippen LogP contribution in [0, 0.1) is 5.92 Å². The van der Waals surface area contributed by atoms with Crippen LogP contribution in [0.4, 0.5) is 0 Å². The van der Waals surface area contributed by atoms with Gasteiger partial charge in [-0.3, -0.25) is 9.59 Å². The number of para-hydroxylation sites is 1. The van der Waals surface area contributed by atoms with Crippen molar-refractivity contribution in [3.05, 3.63) is 87.3 Å². The van der Waals surface area contributed by atoms with Gasteiger partial charge in [-0.05, 0) is 37.1 Å². The summed E-state index contributed by atoms with van der Waals surface area (Å²) in [5.41, 5.74) is 0.904. The first-order chi connectivity index (χ1) is 15.9. The highest BCUT2D eigenvalue weighted by Crippen LogP contribution is 2.42. The van der Waals surface area contributed by atoms with Crippen LogP contribution in [0.25, 0.3) is 11.0 Å². The van der Waals surface area contributed by atoms with Gasteiger partial charge in [0.05, 0.1) is 23.7 Å². The van der Waals surface area contributed by atoms with Crippen molar-refractivity contribution in [3.63, 3.8) is 0 Å². The molecule has 0 radical (unpaired) electrons. The van der Waals surface area contributed by atoms with Crippen molar-refractivity contribution >= 4 is 28.5 Å². The third-order valence-electron chi connectivity index (χ3n) is 5.55. The Labute approximate surface area is 194 Å². The normalized spacial score (nSPS) is 20.9. The summed E-state index contributed by atoms with van der Waals surface area (Å²) in [6.07, 6.45) is 4.52. The number of rotatable bonds is 7. The number of phenols is 1. The number of ether oxygens (including phenoxy) is 2. The highest BCUT2D eigenvalue weighted by atomic mass is 35.5. The van der Waals surface area contributed by atoms with Gasteiger partial charge in [-0.2, -0.15) is 0 Å². The number of hydrogen-bond donors (Lipinski definition) is 2. The van der Waals surface area contributed by atoms with Gasteiger partial charge in [0.1, 0.15) is 17.6 Å². The molecule has 7 nitrogen and oxygen atoms in total. The molecule has 1 fully saturated rings. The summed E-state index contributed by atoms with van der Waals surface area (Å²) in [6, 6.07) is 11.7. The van der Waals surface area contributed by atoms with Crippen LogP contribution < -0.4 is 5.43 Å². The fourth-order valence-corrected chi connectivity index (χ4v) is 4.04. The number of aromatic hydroxyl groups is 1. The van der Waals surface area contributed by atoms with Gasteiger partial charge in [0.25, 0.3) is 0 Å². The van der Waals surface area contributed by atoms with Crippen LogP contribution >= 0.6 is 11.6 Å². The van der Waals surface area contributed by atoms with E-state index in [9.17, 15) is 14.7 Å². The van der Waals surface area contributed by atoms with Crippen LogP contribution in [0.2, 0.25) is 5.02 Å². The largest absolute Gasteiger partial charge is 0.508 e.